The highest BCUT2D eigenvalue weighted by atomic mass is 35.5. The van der Waals surface area contributed by atoms with E-state index in [1.165, 1.54) is 7.11 Å². The predicted octanol–water partition coefficient (Wildman–Crippen LogP) is 5.65. The number of carbonyl (C=O) groups is 1. The predicted molar refractivity (Wildman–Crippen MR) is 116 cm³/mol. The number of carbonyl (C=O) groups excluding carboxylic acids is 1. The Bertz CT molecular complexity index is 1290. The highest BCUT2D eigenvalue weighted by Crippen LogP contribution is 2.32. The fourth-order valence-corrected chi connectivity index (χ4v) is 3.18. The highest BCUT2D eigenvalue weighted by Gasteiger charge is 2.21. The number of benzene rings is 3. The normalized spacial score (nSPS) is 10.8. The molecule has 0 bridgehead atoms. The van der Waals surface area contributed by atoms with Gasteiger partial charge in [0.1, 0.15) is 11.3 Å². The van der Waals surface area contributed by atoms with Gasteiger partial charge in [-0.2, -0.15) is 0 Å². The van der Waals surface area contributed by atoms with Crippen LogP contribution in [0.3, 0.4) is 0 Å². The van der Waals surface area contributed by atoms with Gasteiger partial charge < -0.3 is 13.9 Å². The van der Waals surface area contributed by atoms with Gasteiger partial charge in [0.05, 0.1) is 18.1 Å². The molecule has 0 aliphatic heterocycles. The number of esters is 1. The zero-order valence-electron chi connectivity index (χ0n) is 16.3. The number of hydrogen-bond acceptors (Lipinski definition) is 5. The second kappa shape index (κ2) is 8.05. The van der Waals surface area contributed by atoms with Crippen LogP contribution in [0.15, 0.2) is 75.9 Å². The van der Waals surface area contributed by atoms with Crippen molar-refractivity contribution in [1.29, 1.82) is 0 Å². The molecule has 4 aromatic rings. The van der Waals surface area contributed by atoms with Crippen LogP contribution in [0.1, 0.15) is 15.9 Å². The van der Waals surface area contributed by atoms with Crippen molar-refractivity contribution in [3.63, 3.8) is 0 Å². The Morgan fingerprint density at radius 1 is 0.967 bits per heavy atom. The summed E-state index contributed by atoms with van der Waals surface area (Å²) in [6.07, 6.45) is 0. The Balaban J connectivity index is 1.86. The maximum absolute atomic E-state index is 13.2. The van der Waals surface area contributed by atoms with Crippen LogP contribution < -0.4 is 14.9 Å². The molecule has 30 heavy (non-hydrogen) atoms. The summed E-state index contributed by atoms with van der Waals surface area (Å²) >= 11 is 5.98. The van der Waals surface area contributed by atoms with Crippen molar-refractivity contribution in [2.24, 2.45) is 0 Å². The van der Waals surface area contributed by atoms with Crippen molar-refractivity contribution in [2.45, 2.75) is 6.92 Å². The van der Waals surface area contributed by atoms with Gasteiger partial charge in [-0.05, 0) is 67.6 Å². The molecule has 150 valence electrons. The Kier molecular flexibility index (Phi) is 5.29. The number of hydrogen-bond donors (Lipinski definition) is 0. The van der Waals surface area contributed by atoms with E-state index in [1.54, 1.807) is 60.7 Å². The summed E-state index contributed by atoms with van der Waals surface area (Å²) in [4.78, 5) is 26.0. The Morgan fingerprint density at radius 3 is 2.33 bits per heavy atom. The van der Waals surface area contributed by atoms with Gasteiger partial charge >= 0.3 is 5.97 Å². The number of halogens is 1. The first-order valence-electron chi connectivity index (χ1n) is 9.16. The largest absolute Gasteiger partial charge is 0.497 e. The SMILES string of the molecule is COc1ccc(C(=O)Oc2c(-c3ccc(Cl)cc3)oc3ccc(C)cc3c2=O)cc1. The van der Waals surface area contributed by atoms with Gasteiger partial charge in [0.2, 0.25) is 11.2 Å². The molecule has 3 aromatic carbocycles. The van der Waals surface area contributed by atoms with Crippen molar-refractivity contribution in [1.82, 2.24) is 0 Å². The van der Waals surface area contributed by atoms with E-state index in [0.717, 1.165) is 5.56 Å². The summed E-state index contributed by atoms with van der Waals surface area (Å²) in [5, 5.41) is 0.875. The summed E-state index contributed by atoms with van der Waals surface area (Å²) < 4.78 is 16.6. The van der Waals surface area contributed by atoms with E-state index in [1.807, 2.05) is 13.0 Å². The molecule has 0 aliphatic carbocycles. The van der Waals surface area contributed by atoms with Crippen molar-refractivity contribution in [3.05, 3.63) is 93.1 Å². The van der Waals surface area contributed by atoms with Gasteiger partial charge in [-0.1, -0.05) is 23.2 Å². The molecular formula is C24H17ClO5. The fourth-order valence-electron chi connectivity index (χ4n) is 3.05. The average Bonchev–Trinajstić information content (AvgIpc) is 2.76. The molecule has 4 rings (SSSR count). The van der Waals surface area contributed by atoms with Gasteiger partial charge in [0.25, 0.3) is 0 Å². The minimum Gasteiger partial charge on any atom is -0.497 e. The van der Waals surface area contributed by atoms with Crippen molar-refractivity contribution in [3.8, 4) is 22.8 Å². The van der Waals surface area contributed by atoms with Gasteiger partial charge in [0, 0.05) is 10.6 Å². The van der Waals surface area contributed by atoms with Crippen molar-refractivity contribution >= 4 is 28.5 Å². The average molecular weight is 421 g/mol. The van der Waals surface area contributed by atoms with E-state index in [4.69, 9.17) is 25.5 Å². The minimum absolute atomic E-state index is 0.162. The summed E-state index contributed by atoms with van der Waals surface area (Å²) in [6.45, 7) is 1.87. The van der Waals surface area contributed by atoms with Crippen LogP contribution in [0.4, 0.5) is 0 Å². The molecule has 0 radical (unpaired) electrons. The zero-order chi connectivity index (χ0) is 21.3. The second-order valence-electron chi connectivity index (χ2n) is 6.71. The third kappa shape index (κ3) is 3.80. The van der Waals surface area contributed by atoms with Crippen LogP contribution in [0, 0.1) is 6.92 Å². The molecule has 5 nitrogen and oxygen atoms in total. The molecule has 1 aromatic heterocycles. The first-order valence-corrected chi connectivity index (χ1v) is 9.53. The Morgan fingerprint density at radius 2 is 1.67 bits per heavy atom. The lowest BCUT2D eigenvalue weighted by atomic mass is 10.1. The molecule has 0 unspecified atom stereocenters. The second-order valence-corrected chi connectivity index (χ2v) is 7.15. The van der Waals surface area contributed by atoms with Crippen molar-refractivity contribution in [2.75, 3.05) is 7.11 Å². The topological polar surface area (TPSA) is 65.7 Å². The molecule has 6 heteroatoms. The van der Waals surface area contributed by atoms with Gasteiger partial charge in [0.15, 0.2) is 5.76 Å². The maximum Gasteiger partial charge on any atom is 0.343 e. The molecule has 0 fully saturated rings. The van der Waals surface area contributed by atoms with E-state index in [2.05, 4.69) is 0 Å². The Labute approximate surface area is 177 Å². The summed E-state index contributed by atoms with van der Waals surface area (Å²) in [5.41, 5.74) is 1.71. The molecule has 0 saturated carbocycles. The number of rotatable bonds is 4. The zero-order valence-corrected chi connectivity index (χ0v) is 17.0. The minimum atomic E-state index is -0.674. The van der Waals surface area contributed by atoms with E-state index in [-0.39, 0.29) is 17.1 Å². The van der Waals surface area contributed by atoms with Crippen LogP contribution in [-0.2, 0) is 0 Å². The van der Waals surface area contributed by atoms with E-state index in [0.29, 0.717) is 27.3 Å². The van der Waals surface area contributed by atoms with Crippen LogP contribution in [-0.4, -0.2) is 13.1 Å². The van der Waals surface area contributed by atoms with Crippen LogP contribution in [0.5, 0.6) is 11.5 Å². The molecular weight excluding hydrogens is 404 g/mol. The van der Waals surface area contributed by atoms with Crippen LogP contribution in [0.25, 0.3) is 22.3 Å². The van der Waals surface area contributed by atoms with Crippen molar-refractivity contribution < 1.29 is 18.7 Å². The van der Waals surface area contributed by atoms with E-state index >= 15 is 0 Å². The first-order chi connectivity index (χ1) is 14.5. The lowest BCUT2D eigenvalue weighted by molar-refractivity contribution is 0.0731. The van der Waals surface area contributed by atoms with Gasteiger partial charge in [-0.15, -0.1) is 0 Å². The molecule has 0 amide bonds. The molecule has 0 atom stereocenters. The Hall–Kier alpha value is -3.57. The highest BCUT2D eigenvalue weighted by molar-refractivity contribution is 6.30. The molecule has 0 aliphatic rings. The molecule has 0 N–H and O–H groups in total. The number of methoxy groups -OCH3 is 1. The van der Waals surface area contributed by atoms with Gasteiger partial charge in [-0.3, -0.25) is 4.79 Å². The lowest BCUT2D eigenvalue weighted by Gasteiger charge is -2.11. The first kappa shape index (κ1) is 19.7. The number of ether oxygens (including phenoxy) is 2. The number of fused-ring (bicyclic) bond motifs is 1. The summed E-state index contributed by atoms with van der Waals surface area (Å²) in [6, 6.07) is 18.4. The smallest absolute Gasteiger partial charge is 0.343 e. The third-order valence-electron chi connectivity index (χ3n) is 4.63. The molecule has 0 spiro atoms. The molecule has 1 heterocycles. The third-order valence-corrected chi connectivity index (χ3v) is 4.88. The fraction of sp³-hybridized carbons (Fsp3) is 0.0833. The van der Waals surface area contributed by atoms with Crippen LogP contribution in [0.2, 0.25) is 5.02 Å². The van der Waals surface area contributed by atoms with E-state index in [9.17, 15) is 9.59 Å². The quantitative estimate of drug-likeness (QED) is 0.399. The monoisotopic (exact) mass is 420 g/mol. The molecule has 0 saturated heterocycles. The maximum atomic E-state index is 13.2. The van der Waals surface area contributed by atoms with Gasteiger partial charge in [-0.25, -0.2) is 4.79 Å². The van der Waals surface area contributed by atoms with Crippen LogP contribution >= 0.6 is 11.6 Å². The lowest BCUT2D eigenvalue weighted by Crippen LogP contribution is -2.16. The number of aryl methyl sites for hydroxylation is 1. The standard InChI is InChI=1S/C24H17ClO5/c1-14-3-12-20-19(13-14)21(26)23(22(29-20)15-4-8-17(25)9-5-15)30-24(27)16-6-10-18(28-2)11-7-16/h3-13H,1-2H3. The summed E-state index contributed by atoms with van der Waals surface area (Å²) in [7, 11) is 1.54. The summed E-state index contributed by atoms with van der Waals surface area (Å²) in [5.74, 6) is -0.0765. The van der Waals surface area contributed by atoms with E-state index < -0.39 is 11.4 Å².